The Morgan fingerprint density at radius 2 is 1.72 bits per heavy atom. The van der Waals surface area contributed by atoms with Gasteiger partial charge in [0.25, 0.3) is 0 Å². The number of piperidine rings is 1. The van der Waals surface area contributed by atoms with Gasteiger partial charge in [0.2, 0.25) is 0 Å². The second-order valence-electron chi connectivity index (χ2n) is 13.9. The van der Waals surface area contributed by atoms with Gasteiger partial charge < -0.3 is 19.5 Å². The fourth-order valence-electron chi connectivity index (χ4n) is 6.44. The number of ether oxygens (including phenoxy) is 2. The van der Waals surface area contributed by atoms with Crippen LogP contribution in [-0.2, 0) is 22.4 Å². The smallest absolute Gasteiger partial charge is 0.337 e. The molecule has 5 rings (SSSR count). The molecule has 0 amide bonds. The summed E-state index contributed by atoms with van der Waals surface area (Å²) in [5.74, 6) is -0.601. The number of aliphatic carboxylic acids is 1. The van der Waals surface area contributed by atoms with Crippen LogP contribution in [-0.4, -0.2) is 40.9 Å². The third-order valence-corrected chi connectivity index (χ3v) is 8.76. The van der Waals surface area contributed by atoms with Crippen molar-refractivity contribution in [1.82, 2.24) is 4.98 Å². The molecule has 43 heavy (non-hydrogen) atoms. The minimum atomic E-state index is -1.14. The van der Waals surface area contributed by atoms with E-state index in [1.807, 2.05) is 34.6 Å². The third-order valence-electron chi connectivity index (χ3n) is 8.76. The maximum atomic E-state index is 13.4. The zero-order valence-electron chi connectivity index (χ0n) is 26.6. The highest BCUT2D eigenvalue weighted by Gasteiger charge is 2.36. The molecule has 1 saturated heterocycles. The summed E-state index contributed by atoms with van der Waals surface area (Å²) in [4.78, 5) is 20.1. The largest absolute Gasteiger partial charge is 0.490 e. The molecule has 230 valence electrons. The number of aryl methyl sites for hydroxylation is 3. The summed E-state index contributed by atoms with van der Waals surface area (Å²) in [6.45, 7) is 15.9. The van der Waals surface area contributed by atoms with E-state index < -0.39 is 17.7 Å². The molecule has 2 aliphatic rings. The molecule has 1 fully saturated rings. The summed E-state index contributed by atoms with van der Waals surface area (Å²) in [6.07, 6.45) is 3.41. The van der Waals surface area contributed by atoms with Crippen LogP contribution in [0, 0.1) is 25.1 Å². The highest BCUT2D eigenvalue weighted by atomic mass is 19.1. The Morgan fingerprint density at radius 3 is 2.35 bits per heavy atom. The summed E-state index contributed by atoms with van der Waals surface area (Å²) in [7, 11) is 0. The average Bonchev–Trinajstić information content (AvgIpc) is 2.92. The Kier molecular flexibility index (Phi) is 8.59. The highest BCUT2D eigenvalue weighted by Crippen LogP contribution is 2.45. The Bertz CT molecular complexity index is 1480. The zero-order valence-corrected chi connectivity index (χ0v) is 26.6. The number of carboxylic acids is 1. The lowest BCUT2D eigenvalue weighted by Gasteiger charge is -2.41. The number of fused-ring (bicyclic) bond motifs is 1. The van der Waals surface area contributed by atoms with E-state index in [-0.39, 0.29) is 17.3 Å². The minimum Gasteiger partial charge on any atom is -0.490 e. The van der Waals surface area contributed by atoms with Crippen molar-refractivity contribution in [2.45, 2.75) is 98.4 Å². The molecule has 2 heterocycles. The molecule has 1 N–H and O–H groups in total. The van der Waals surface area contributed by atoms with Gasteiger partial charge in [-0.1, -0.05) is 32.0 Å². The summed E-state index contributed by atoms with van der Waals surface area (Å²) < 4.78 is 25.8. The molecule has 0 spiro atoms. The van der Waals surface area contributed by atoms with Crippen molar-refractivity contribution < 1.29 is 23.8 Å². The lowest BCUT2D eigenvalue weighted by molar-refractivity contribution is -0.160. The molecular formula is C36H45FN2O4. The first-order valence-corrected chi connectivity index (χ1v) is 15.4. The van der Waals surface area contributed by atoms with E-state index in [1.54, 1.807) is 12.1 Å². The molecule has 2 atom stereocenters. The van der Waals surface area contributed by atoms with Gasteiger partial charge >= 0.3 is 5.97 Å². The van der Waals surface area contributed by atoms with Gasteiger partial charge in [0.05, 0.1) is 11.3 Å². The number of hydrogen-bond acceptors (Lipinski definition) is 5. The van der Waals surface area contributed by atoms with Crippen molar-refractivity contribution in [1.29, 1.82) is 0 Å². The monoisotopic (exact) mass is 588 g/mol. The fourth-order valence-corrected chi connectivity index (χ4v) is 6.44. The Hall–Kier alpha value is -3.45. The van der Waals surface area contributed by atoms with Gasteiger partial charge in [-0.25, -0.2) is 9.18 Å². The van der Waals surface area contributed by atoms with Crippen LogP contribution < -0.4 is 9.64 Å². The second-order valence-corrected chi connectivity index (χ2v) is 13.9. The Labute approximate surface area is 255 Å². The van der Waals surface area contributed by atoms with Crippen molar-refractivity contribution in [3.8, 4) is 16.9 Å². The number of rotatable bonds is 7. The number of halogens is 1. The summed E-state index contributed by atoms with van der Waals surface area (Å²) in [5, 5.41) is 10.5. The van der Waals surface area contributed by atoms with Crippen LogP contribution in [0.25, 0.3) is 11.1 Å². The van der Waals surface area contributed by atoms with Gasteiger partial charge in [0.15, 0.2) is 6.10 Å². The van der Waals surface area contributed by atoms with Gasteiger partial charge in [-0.2, -0.15) is 0 Å². The van der Waals surface area contributed by atoms with Crippen molar-refractivity contribution in [3.63, 3.8) is 0 Å². The van der Waals surface area contributed by atoms with Crippen molar-refractivity contribution in [2.75, 3.05) is 18.0 Å². The molecule has 3 aromatic rings. The van der Waals surface area contributed by atoms with E-state index in [0.29, 0.717) is 17.0 Å². The minimum absolute atomic E-state index is 0.0244. The topological polar surface area (TPSA) is 71.9 Å². The average molecular weight is 589 g/mol. The molecule has 1 aliphatic carbocycles. The van der Waals surface area contributed by atoms with Crippen molar-refractivity contribution in [3.05, 3.63) is 76.4 Å². The highest BCUT2D eigenvalue weighted by molar-refractivity contribution is 5.88. The van der Waals surface area contributed by atoms with Crippen LogP contribution in [0.1, 0.15) is 88.1 Å². The van der Waals surface area contributed by atoms with Crippen molar-refractivity contribution in [2.24, 2.45) is 5.41 Å². The molecule has 6 nitrogen and oxygen atoms in total. The number of hydrogen-bond donors (Lipinski definition) is 1. The summed E-state index contributed by atoms with van der Waals surface area (Å²) in [5.41, 5.74) is 7.27. The molecular weight excluding hydrogens is 543 g/mol. The number of carbonyl (C=O) groups is 1. The standard InChI is InChI=1S/C36H45FN2O4/c1-22-30(26-9-8-25-21-29(13-10-24(25)20-26)42-28-14-11-27(37)12-15-28)32(39-18-16-36(6,7)17-19-39)31(23(2)38-22)33(34(40)41)43-35(3,4)5/h8-9,11-12,14-15,20,29,33H,10,13,16-19,21H2,1-7H3,(H,40,41). The second kappa shape index (κ2) is 11.9. The van der Waals surface area contributed by atoms with E-state index in [1.165, 1.54) is 23.3 Å². The number of carboxylic acid groups (broad SMARTS) is 1. The van der Waals surface area contributed by atoms with Gasteiger partial charge in [0.1, 0.15) is 17.7 Å². The van der Waals surface area contributed by atoms with Gasteiger partial charge in [-0.15, -0.1) is 0 Å². The molecule has 2 aromatic carbocycles. The molecule has 0 radical (unpaired) electrons. The van der Waals surface area contributed by atoms with E-state index in [2.05, 4.69) is 36.9 Å². The van der Waals surface area contributed by atoms with E-state index >= 15 is 0 Å². The first-order chi connectivity index (χ1) is 20.2. The van der Waals surface area contributed by atoms with Gasteiger partial charge in [-0.05, 0) is 107 Å². The van der Waals surface area contributed by atoms with Crippen LogP contribution >= 0.6 is 0 Å². The molecule has 0 saturated carbocycles. The first-order valence-electron chi connectivity index (χ1n) is 15.4. The number of benzene rings is 2. The molecule has 0 bridgehead atoms. The quantitative estimate of drug-likeness (QED) is 0.302. The third kappa shape index (κ3) is 7.04. The van der Waals surface area contributed by atoms with E-state index in [0.717, 1.165) is 67.7 Å². The summed E-state index contributed by atoms with van der Waals surface area (Å²) >= 11 is 0. The predicted molar refractivity (Wildman–Crippen MR) is 168 cm³/mol. The number of nitrogens with zero attached hydrogens (tertiary/aromatic N) is 2. The maximum absolute atomic E-state index is 13.4. The van der Waals surface area contributed by atoms with Gasteiger partial charge in [-0.3, -0.25) is 4.98 Å². The fraction of sp³-hybridized carbons (Fsp3) is 0.500. The van der Waals surface area contributed by atoms with Gasteiger partial charge in [0, 0.05) is 42.0 Å². The van der Waals surface area contributed by atoms with Crippen LogP contribution in [0.2, 0.25) is 0 Å². The van der Waals surface area contributed by atoms with Crippen LogP contribution in [0.4, 0.5) is 10.1 Å². The Balaban J connectivity index is 1.56. The first kappa shape index (κ1) is 31.0. The maximum Gasteiger partial charge on any atom is 0.337 e. The predicted octanol–water partition coefficient (Wildman–Crippen LogP) is 8.01. The number of anilines is 1. The van der Waals surface area contributed by atoms with E-state index in [4.69, 9.17) is 14.5 Å². The SMILES string of the molecule is Cc1nc(C)c(C(OC(C)(C)C)C(=O)O)c(N2CCC(C)(C)CC2)c1-c1ccc2c(c1)CCC(Oc1ccc(F)cc1)C2. The summed E-state index contributed by atoms with van der Waals surface area (Å²) in [6, 6.07) is 12.8. The van der Waals surface area contributed by atoms with E-state index in [9.17, 15) is 14.3 Å². The van der Waals surface area contributed by atoms with Crippen LogP contribution in [0.5, 0.6) is 5.75 Å². The van der Waals surface area contributed by atoms with Crippen LogP contribution in [0.15, 0.2) is 42.5 Å². The van der Waals surface area contributed by atoms with Crippen LogP contribution in [0.3, 0.4) is 0 Å². The zero-order chi connectivity index (χ0) is 31.1. The molecule has 1 aliphatic heterocycles. The Morgan fingerprint density at radius 1 is 1.05 bits per heavy atom. The molecule has 1 aromatic heterocycles. The molecule has 7 heteroatoms. The molecule has 2 unspecified atom stereocenters. The van der Waals surface area contributed by atoms with Crippen molar-refractivity contribution >= 4 is 11.7 Å². The normalized spacial score (nSPS) is 19.1. The number of pyridine rings is 1. The number of aromatic nitrogens is 1. The lowest BCUT2D eigenvalue weighted by Crippen LogP contribution is -2.39. The lowest BCUT2D eigenvalue weighted by atomic mass is 9.81.